The largest absolute Gasteiger partial charge is 0.367 e. The van der Waals surface area contributed by atoms with Crippen molar-refractivity contribution in [2.24, 2.45) is 5.73 Å². The van der Waals surface area contributed by atoms with Crippen molar-refractivity contribution in [3.8, 4) is 0 Å². The van der Waals surface area contributed by atoms with Crippen LogP contribution in [0.2, 0.25) is 0 Å². The van der Waals surface area contributed by atoms with E-state index >= 15 is 0 Å². The van der Waals surface area contributed by atoms with Crippen molar-refractivity contribution < 1.29 is 4.39 Å². The number of thioether (sulfide) groups is 1. The van der Waals surface area contributed by atoms with Gasteiger partial charge < -0.3 is 10.6 Å². The van der Waals surface area contributed by atoms with Crippen molar-refractivity contribution >= 4 is 17.4 Å². The van der Waals surface area contributed by atoms with Crippen LogP contribution in [0.25, 0.3) is 0 Å². The maximum Gasteiger partial charge on any atom is 0.128 e. The van der Waals surface area contributed by atoms with Gasteiger partial charge in [-0.15, -0.1) is 0 Å². The van der Waals surface area contributed by atoms with Crippen molar-refractivity contribution in [1.29, 1.82) is 0 Å². The molecule has 18 heavy (non-hydrogen) atoms. The molecule has 1 fully saturated rings. The third kappa shape index (κ3) is 2.98. The second-order valence-corrected chi connectivity index (χ2v) is 6.19. The molecule has 1 aromatic carbocycles. The molecule has 4 heteroatoms. The van der Waals surface area contributed by atoms with E-state index in [0.29, 0.717) is 12.5 Å². The highest BCUT2D eigenvalue weighted by atomic mass is 32.2. The minimum atomic E-state index is -0.129. The summed E-state index contributed by atoms with van der Waals surface area (Å²) in [6, 6.07) is 5.79. The zero-order valence-electron chi connectivity index (χ0n) is 11.0. The van der Waals surface area contributed by atoms with E-state index in [-0.39, 0.29) is 11.9 Å². The van der Waals surface area contributed by atoms with Crippen LogP contribution in [0.5, 0.6) is 0 Å². The third-order valence-corrected chi connectivity index (χ3v) is 4.49. The summed E-state index contributed by atoms with van der Waals surface area (Å²) in [6.07, 6.45) is 0.596. The first-order valence-corrected chi connectivity index (χ1v) is 7.62. The molecular weight excluding hydrogens is 247 g/mol. The molecule has 1 aliphatic heterocycles. The molecule has 0 radical (unpaired) electrons. The molecule has 100 valence electrons. The van der Waals surface area contributed by atoms with Crippen molar-refractivity contribution in [2.45, 2.75) is 32.4 Å². The molecule has 0 amide bonds. The van der Waals surface area contributed by atoms with Crippen LogP contribution >= 0.6 is 11.8 Å². The summed E-state index contributed by atoms with van der Waals surface area (Å²) in [4.78, 5) is 2.32. The predicted octanol–water partition coefficient (Wildman–Crippen LogP) is 2.66. The fourth-order valence-electron chi connectivity index (χ4n) is 2.43. The monoisotopic (exact) mass is 268 g/mol. The molecule has 1 aromatic rings. The summed E-state index contributed by atoms with van der Waals surface area (Å²) < 4.78 is 14.0. The first-order valence-electron chi connectivity index (χ1n) is 6.47. The number of halogens is 1. The minimum absolute atomic E-state index is 0.0184. The topological polar surface area (TPSA) is 29.3 Å². The quantitative estimate of drug-likeness (QED) is 0.914. The normalized spacial score (nSPS) is 22.0. The van der Waals surface area contributed by atoms with Crippen LogP contribution in [0.3, 0.4) is 0 Å². The van der Waals surface area contributed by atoms with E-state index in [2.05, 4.69) is 11.8 Å². The Bertz CT molecular complexity index is 409. The van der Waals surface area contributed by atoms with Crippen LogP contribution in [0.15, 0.2) is 18.2 Å². The maximum atomic E-state index is 14.0. The molecule has 0 aliphatic carbocycles. The number of hydrogen-bond acceptors (Lipinski definition) is 3. The molecule has 0 saturated carbocycles. The van der Waals surface area contributed by atoms with Crippen LogP contribution in [-0.2, 0) is 6.42 Å². The number of nitrogens with zero attached hydrogens (tertiary/aromatic N) is 1. The maximum absolute atomic E-state index is 14.0. The van der Waals surface area contributed by atoms with E-state index < -0.39 is 0 Å². The lowest BCUT2D eigenvalue weighted by Gasteiger charge is -2.36. The van der Waals surface area contributed by atoms with E-state index in [4.69, 9.17) is 5.73 Å². The van der Waals surface area contributed by atoms with Crippen molar-refractivity contribution in [1.82, 2.24) is 0 Å². The van der Waals surface area contributed by atoms with Gasteiger partial charge in [-0.1, -0.05) is 6.07 Å². The number of rotatable bonds is 3. The first kappa shape index (κ1) is 13.7. The van der Waals surface area contributed by atoms with Gasteiger partial charge in [-0.2, -0.15) is 11.8 Å². The van der Waals surface area contributed by atoms with Crippen LogP contribution in [0, 0.1) is 5.82 Å². The van der Waals surface area contributed by atoms with Gasteiger partial charge in [-0.25, -0.2) is 4.39 Å². The van der Waals surface area contributed by atoms with Gasteiger partial charge in [-0.3, -0.25) is 0 Å². The summed E-state index contributed by atoms with van der Waals surface area (Å²) in [5.41, 5.74) is 7.63. The summed E-state index contributed by atoms with van der Waals surface area (Å²) >= 11 is 1.97. The Balaban J connectivity index is 2.33. The Kier molecular flexibility index (Phi) is 4.51. The summed E-state index contributed by atoms with van der Waals surface area (Å²) in [5.74, 6) is 2.09. The Morgan fingerprint density at radius 1 is 1.56 bits per heavy atom. The zero-order valence-corrected chi connectivity index (χ0v) is 11.8. The lowest BCUT2D eigenvalue weighted by Crippen LogP contribution is -2.41. The minimum Gasteiger partial charge on any atom is -0.367 e. The molecule has 2 nitrogen and oxygen atoms in total. The Morgan fingerprint density at radius 3 is 3.00 bits per heavy atom. The molecule has 1 aliphatic rings. The van der Waals surface area contributed by atoms with Gasteiger partial charge in [0.15, 0.2) is 0 Å². The van der Waals surface area contributed by atoms with Gasteiger partial charge in [0.1, 0.15) is 5.82 Å². The number of nitrogens with two attached hydrogens (primary N) is 1. The van der Waals surface area contributed by atoms with Crippen LogP contribution in [0.1, 0.15) is 19.4 Å². The standard InChI is InChI=1S/C14H21FN2S/c1-10(16)8-12-13(15)4-3-5-14(12)17-6-7-18-9-11(17)2/h3-5,10-11H,6-9,16H2,1-2H3. The molecule has 2 rings (SSSR count). The van der Waals surface area contributed by atoms with E-state index in [1.54, 1.807) is 6.07 Å². The lowest BCUT2D eigenvalue weighted by atomic mass is 10.0. The number of anilines is 1. The first-order chi connectivity index (χ1) is 8.59. The van der Waals surface area contributed by atoms with Gasteiger partial charge in [0.2, 0.25) is 0 Å². The Hall–Kier alpha value is -0.740. The van der Waals surface area contributed by atoms with Gasteiger partial charge >= 0.3 is 0 Å². The summed E-state index contributed by atoms with van der Waals surface area (Å²) in [7, 11) is 0. The van der Waals surface area contributed by atoms with E-state index in [1.807, 2.05) is 24.8 Å². The molecule has 0 aromatic heterocycles. The molecule has 0 bridgehead atoms. The fraction of sp³-hybridized carbons (Fsp3) is 0.571. The van der Waals surface area contributed by atoms with Crippen molar-refractivity contribution in [2.75, 3.05) is 23.0 Å². The number of hydrogen-bond donors (Lipinski definition) is 1. The predicted molar refractivity (Wildman–Crippen MR) is 77.9 cm³/mol. The third-order valence-electron chi connectivity index (χ3n) is 3.30. The van der Waals surface area contributed by atoms with Gasteiger partial charge in [0.05, 0.1) is 0 Å². The highest BCUT2D eigenvalue weighted by molar-refractivity contribution is 7.99. The van der Waals surface area contributed by atoms with Crippen molar-refractivity contribution in [3.05, 3.63) is 29.6 Å². The van der Waals surface area contributed by atoms with Gasteiger partial charge in [0, 0.05) is 41.4 Å². The molecule has 0 spiro atoms. The Labute approximate surface area is 113 Å². The summed E-state index contributed by atoms with van der Waals surface area (Å²) in [6.45, 7) is 5.11. The second-order valence-electron chi connectivity index (χ2n) is 5.04. The van der Waals surface area contributed by atoms with E-state index in [9.17, 15) is 4.39 Å². The molecule has 1 heterocycles. The SMILES string of the molecule is CC(N)Cc1c(F)cccc1N1CCSCC1C. The van der Waals surface area contributed by atoms with Crippen LogP contribution < -0.4 is 10.6 Å². The average molecular weight is 268 g/mol. The average Bonchev–Trinajstić information content (AvgIpc) is 2.32. The molecule has 2 N–H and O–H groups in total. The number of benzene rings is 1. The highest BCUT2D eigenvalue weighted by Crippen LogP contribution is 2.29. The Morgan fingerprint density at radius 2 is 2.33 bits per heavy atom. The van der Waals surface area contributed by atoms with Crippen LogP contribution in [-0.4, -0.2) is 30.1 Å². The molecule has 2 atom stereocenters. The van der Waals surface area contributed by atoms with Gasteiger partial charge in [0.25, 0.3) is 0 Å². The molecule has 1 saturated heterocycles. The molecular formula is C14H21FN2S. The smallest absolute Gasteiger partial charge is 0.128 e. The second kappa shape index (κ2) is 5.93. The fourth-order valence-corrected chi connectivity index (χ4v) is 3.44. The highest BCUT2D eigenvalue weighted by Gasteiger charge is 2.22. The van der Waals surface area contributed by atoms with E-state index in [1.165, 1.54) is 6.07 Å². The summed E-state index contributed by atoms with van der Waals surface area (Å²) in [5, 5.41) is 0. The zero-order chi connectivity index (χ0) is 13.1. The lowest BCUT2D eigenvalue weighted by molar-refractivity contribution is 0.590. The molecule has 2 unspecified atom stereocenters. The van der Waals surface area contributed by atoms with E-state index in [0.717, 1.165) is 29.3 Å². The van der Waals surface area contributed by atoms with Gasteiger partial charge in [-0.05, 0) is 32.4 Å². The van der Waals surface area contributed by atoms with Crippen LogP contribution in [0.4, 0.5) is 10.1 Å². The van der Waals surface area contributed by atoms with Crippen molar-refractivity contribution in [3.63, 3.8) is 0 Å².